The van der Waals surface area contributed by atoms with Crippen molar-refractivity contribution in [2.45, 2.75) is 18.8 Å². The van der Waals surface area contributed by atoms with Crippen LogP contribution < -0.4 is 14.8 Å². The Hall–Kier alpha value is -2.79. The number of rotatable bonds is 6. The van der Waals surface area contributed by atoms with E-state index in [1.165, 1.54) is 10.4 Å². The van der Waals surface area contributed by atoms with Crippen LogP contribution in [0.2, 0.25) is 0 Å². The van der Waals surface area contributed by atoms with Gasteiger partial charge in [-0.3, -0.25) is 4.79 Å². The highest BCUT2D eigenvalue weighted by atomic mass is 32.1. The van der Waals surface area contributed by atoms with E-state index in [2.05, 4.69) is 17.4 Å². The van der Waals surface area contributed by atoms with Crippen molar-refractivity contribution in [3.05, 3.63) is 76.0 Å². The van der Waals surface area contributed by atoms with Gasteiger partial charge in [0.1, 0.15) is 0 Å². The standard InChI is InChI=1S/C22H21NO3S/c1-25-20-13-16(17-14-21(24)23-18-10-12-27-22(17)18)7-8-19(20)26-11-9-15-5-3-2-4-6-15/h2-8,10,12-13,17H,9,11,14H2,1H3,(H,23,24)/t17-/m1/s1. The highest BCUT2D eigenvalue weighted by Crippen LogP contribution is 2.42. The van der Waals surface area contributed by atoms with Crippen LogP contribution in [-0.4, -0.2) is 19.6 Å². The second kappa shape index (κ2) is 7.84. The topological polar surface area (TPSA) is 47.6 Å². The zero-order chi connectivity index (χ0) is 18.6. The minimum atomic E-state index is 0.0491. The molecule has 4 rings (SSSR count). The van der Waals surface area contributed by atoms with E-state index in [0.29, 0.717) is 18.8 Å². The van der Waals surface area contributed by atoms with Crippen LogP contribution in [0.1, 0.15) is 28.3 Å². The quantitative estimate of drug-likeness (QED) is 0.666. The molecule has 0 fully saturated rings. The molecule has 1 aromatic heterocycles. The third-order valence-corrected chi connectivity index (χ3v) is 5.79. The van der Waals surface area contributed by atoms with Crippen LogP contribution in [0.15, 0.2) is 60.0 Å². The van der Waals surface area contributed by atoms with E-state index in [1.807, 2.05) is 47.8 Å². The predicted molar refractivity (Wildman–Crippen MR) is 108 cm³/mol. The molecule has 0 unspecified atom stereocenters. The van der Waals surface area contributed by atoms with Crippen LogP contribution in [0.3, 0.4) is 0 Å². The number of nitrogens with one attached hydrogen (secondary N) is 1. The van der Waals surface area contributed by atoms with Gasteiger partial charge in [0.25, 0.3) is 0 Å². The van der Waals surface area contributed by atoms with Crippen molar-refractivity contribution in [2.24, 2.45) is 0 Å². The molecule has 27 heavy (non-hydrogen) atoms. The van der Waals surface area contributed by atoms with Crippen molar-refractivity contribution in [1.29, 1.82) is 0 Å². The van der Waals surface area contributed by atoms with Crippen molar-refractivity contribution < 1.29 is 14.3 Å². The summed E-state index contributed by atoms with van der Waals surface area (Å²) in [5, 5.41) is 4.95. The minimum absolute atomic E-state index is 0.0491. The first-order valence-electron chi connectivity index (χ1n) is 8.96. The normalized spacial score (nSPS) is 15.7. The van der Waals surface area contributed by atoms with Gasteiger partial charge < -0.3 is 14.8 Å². The predicted octanol–water partition coefficient (Wildman–Crippen LogP) is 4.85. The summed E-state index contributed by atoms with van der Waals surface area (Å²) >= 11 is 1.67. The van der Waals surface area contributed by atoms with Gasteiger partial charge in [0.15, 0.2) is 11.5 Å². The molecule has 1 amide bonds. The van der Waals surface area contributed by atoms with Gasteiger partial charge in [-0.05, 0) is 34.7 Å². The van der Waals surface area contributed by atoms with Gasteiger partial charge >= 0.3 is 0 Å². The first kappa shape index (κ1) is 17.6. The Morgan fingerprint density at radius 2 is 1.96 bits per heavy atom. The average molecular weight is 379 g/mol. The highest BCUT2D eigenvalue weighted by Gasteiger charge is 2.28. The zero-order valence-corrected chi connectivity index (χ0v) is 15.9. The van der Waals surface area contributed by atoms with E-state index >= 15 is 0 Å². The average Bonchev–Trinajstić information content (AvgIpc) is 3.16. The number of amides is 1. The maximum Gasteiger partial charge on any atom is 0.225 e. The molecule has 0 bridgehead atoms. The van der Waals surface area contributed by atoms with Gasteiger partial charge in [0.05, 0.1) is 19.4 Å². The Bertz CT molecular complexity index is 936. The van der Waals surface area contributed by atoms with Gasteiger partial charge in [0, 0.05) is 23.6 Å². The van der Waals surface area contributed by atoms with E-state index in [-0.39, 0.29) is 11.8 Å². The lowest BCUT2D eigenvalue weighted by atomic mass is 9.90. The number of thiophene rings is 1. The largest absolute Gasteiger partial charge is 0.493 e. The molecule has 1 N–H and O–H groups in total. The molecule has 0 saturated heterocycles. The van der Waals surface area contributed by atoms with Crippen LogP contribution in [0.5, 0.6) is 11.5 Å². The molecule has 1 aliphatic heterocycles. The van der Waals surface area contributed by atoms with Crippen LogP contribution in [-0.2, 0) is 11.2 Å². The summed E-state index contributed by atoms with van der Waals surface area (Å²) in [6, 6.07) is 18.2. The lowest BCUT2D eigenvalue weighted by Gasteiger charge is -2.23. The second-order valence-corrected chi connectivity index (χ2v) is 7.45. The van der Waals surface area contributed by atoms with Gasteiger partial charge in [0.2, 0.25) is 5.91 Å². The van der Waals surface area contributed by atoms with E-state index in [9.17, 15) is 4.79 Å². The summed E-state index contributed by atoms with van der Waals surface area (Å²) in [7, 11) is 1.65. The fourth-order valence-electron chi connectivity index (χ4n) is 3.39. The second-order valence-electron chi connectivity index (χ2n) is 6.50. The number of fused-ring (bicyclic) bond motifs is 1. The third kappa shape index (κ3) is 3.83. The number of hydrogen-bond donors (Lipinski definition) is 1. The SMILES string of the molecule is COc1cc([C@H]2CC(=O)Nc3ccsc32)ccc1OCCc1ccccc1. The Labute approximate surface area is 162 Å². The Morgan fingerprint density at radius 3 is 2.78 bits per heavy atom. The third-order valence-electron chi connectivity index (χ3n) is 4.76. The fourth-order valence-corrected chi connectivity index (χ4v) is 4.37. The van der Waals surface area contributed by atoms with Crippen molar-refractivity contribution in [3.63, 3.8) is 0 Å². The smallest absolute Gasteiger partial charge is 0.225 e. The molecular weight excluding hydrogens is 358 g/mol. The van der Waals surface area contributed by atoms with Crippen LogP contribution in [0, 0.1) is 0 Å². The summed E-state index contributed by atoms with van der Waals surface area (Å²) in [6.45, 7) is 0.584. The van der Waals surface area contributed by atoms with Gasteiger partial charge in [-0.15, -0.1) is 11.3 Å². The monoisotopic (exact) mass is 379 g/mol. The van der Waals surface area contributed by atoms with Gasteiger partial charge in [-0.25, -0.2) is 0 Å². The van der Waals surface area contributed by atoms with Crippen molar-refractivity contribution in [3.8, 4) is 11.5 Å². The maximum atomic E-state index is 12.0. The maximum absolute atomic E-state index is 12.0. The molecule has 138 valence electrons. The van der Waals surface area contributed by atoms with Gasteiger partial charge in [-0.1, -0.05) is 36.4 Å². The first-order chi connectivity index (χ1) is 13.2. The van der Waals surface area contributed by atoms with Gasteiger partial charge in [-0.2, -0.15) is 0 Å². The molecule has 0 saturated carbocycles. The number of hydrogen-bond acceptors (Lipinski definition) is 4. The summed E-state index contributed by atoms with van der Waals surface area (Å²) in [5.41, 5.74) is 3.23. The Balaban J connectivity index is 1.51. The number of carbonyl (C=O) groups is 1. The van der Waals surface area contributed by atoms with Crippen molar-refractivity contribution in [1.82, 2.24) is 0 Å². The molecule has 3 aromatic rings. The molecule has 1 atom stereocenters. The fraction of sp³-hybridized carbons (Fsp3) is 0.227. The summed E-state index contributed by atoms with van der Waals surface area (Å²) in [6.07, 6.45) is 1.29. The summed E-state index contributed by atoms with van der Waals surface area (Å²) < 4.78 is 11.5. The number of ether oxygens (including phenoxy) is 2. The van der Waals surface area contributed by atoms with E-state index in [0.717, 1.165) is 23.4 Å². The number of carbonyl (C=O) groups excluding carboxylic acids is 1. The minimum Gasteiger partial charge on any atom is -0.493 e. The molecule has 1 aliphatic rings. The molecule has 0 radical (unpaired) electrons. The highest BCUT2D eigenvalue weighted by molar-refractivity contribution is 7.10. The van der Waals surface area contributed by atoms with E-state index < -0.39 is 0 Å². The zero-order valence-electron chi connectivity index (χ0n) is 15.1. The lowest BCUT2D eigenvalue weighted by molar-refractivity contribution is -0.116. The van der Waals surface area contributed by atoms with Crippen LogP contribution in [0.4, 0.5) is 5.69 Å². The number of benzene rings is 2. The van der Waals surface area contributed by atoms with Crippen molar-refractivity contribution >= 4 is 22.9 Å². The molecule has 2 aromatic carbocycles. The summed E-state index contributed by atoms with van der Waals surface area (Å²) in [4.78, 5) is 13.2. The molecular formula is C22H21NO3S. The lowest BCUT2D eigenvalue weighted by Crippen LogP contribution is -2.22. The molecule has 5 heteroatoms. The van der Waals surface area contributed by atoms with Crippen LogP contribution >= 0.6 is 11.3 Å². The molecule has 0 spiro atoms. The number of anilines is 1. The van der Waals surface area contributed by atoms with E-state index in [1.54, 1.807) is 18.4 Å². The van der Waals surface area contributed by atoms with Crippen molar-refractivity contribution in [2.75, 3.05) is 19.0 Å². The Kier molecular flexibility index (Phi) is 5.12. The first-order valence-corrected chi connectivity index (χ1v) is 9.84. The summed E-state index contributed by atoms with van der Waals surface area (Å²) in [5.74, 6) is 1.53. The molecule has 4 nitrogen and oxygen atoms in total. The van der Waals surface area contributed by atoms with E-state index in [4.69, 9.17) is 9.47 Å². The Morgan fingerprint density at radius 1 is 1.11 bits per heavy atom. The number of methoxy groups -OCH3 is 1. The molecule has 2 heterocycles. The van der Waals surface area contributed by atoms with Crippen LogP contribution in [0.25, 0.3) is 0 Å². The molecule has 0 aliphatic carbocycles.